The van der Waals surface area contributed by atoms with Crippen LogP contribution >= 0.6 is 0 Å². The summed E-state index contributed by atoms with van der Waals surface area (Å²) in [7, 11) is 0. The molecule has 0 atom stereocenters. The zero-order valence-corrected chi connectivity index (χ0v) is 31.4. The fourth-order valence-corrected chi connectivity index (χ4v) is 9.43. The van der Waals surface area contributed by atoms with Gasteiger partial charge in [-0.15, -0.1) is 12.8 Å². The molecule has 1 saturated carbocycles. The summed E-state index contributed by atoms with van der Waals surface area (Å²) in [4.78, 5) is 5.28. The van der Waals surface area contributed by atoms with Crippen LogP contribution in [-0.4, -0.2) is 10.3 Å². The van der Waals surface area contributed by atoms with Gasteiger partial charge in [-0.05, 0) is 113 Å². The summed E-state index contributed by atoms with van der Waals surface area (Å²) in [5.74, 6) is 0. The molecule has 1 fully saturated rings. The molecular formula is C53H44N2. The van der Waals surface area contributed by atoms with Crippen molar-refractivity contribution in [2.45, 2.75) is 50.9 Å². The normalized spacial score (nSPS) is 14.3. The van der Waals surface area contributed by atoms with Crippen molar-refractivity contribution in [3.8, 4) is 40.8 Å². The van der Waals surface area contributed by atoms with Gasteiger partial charge in [-0.2, -0.15) is 0 Å². The Morgan fingerprint density at radius 2 is 1.16 bits per heavy atom. The Labute approximate surface area is 324 Å². The van der Waals surface area contributed by atoms with Crippen LogP contribution in [0, 0.1) is 12.8 Å². The van der Waals surface area contributed by atoms with Gasteiger partial charge >= 0.3 is 0 Å². The monoisotopic (exact) mass is 708 g/mol. The average Bonchev–Trinajstić information content (AvgIpc) is 3.72. The van der Waals surface area contributed by atoms with E-state index in [-0.39, 0.29) is 5.41 Å². The first-order chi connectivity index (χ1) is 27.2. The van der Waals surface area contributed by atoms with E-state index in [1.807, 2.05) is 0 Å². The van der Waals surface area contributed by atoms with Gasteiger partial charge in [0.25, 0.3) is 0 Å². The summed E-state index contributed by atoms with van der Waals surface area (Å²) in [6.07, 6.45) is 15.3. The lowest BCUT2D eigenvalue weighted by atomic mass is 9.67. The summed E-state index contributed by atoms with van der Waals surface area (Å²) in [6, 6.07) is 60.3. The minimum absolute atomic E-state index is 0.152. The molecule has 1 spiro atoms. The number of terminal acetylenes is 1. The second-order valence-electron chi connectivity index (χ2n) is 15.1. The molecular weight excluding hydrogens is 665 g/mol. The number of rotatable bonds is 6. The molecule has 55 heavy (non-hydrogen) atoms. The smallest absolute Gasteiger partial charge is 0.0668 e. The molecule has 2 aliphatic carbocycles. The fraction of sp³-hybridized carbons (Fsp3) is 0.151. The fourth-order valence-electron chi connectivity index (χ4n) is 9.43. The van der Waals surface area contributed by atoms with Crippen LogP contribution in [0.15, 0.2) is 169 Å². The molecule has 0 radical (unpaired) electrons. The molecule has 0 saturated heterocycles. The van der Waals surface area contributed by atoms with E-state index >= 15 is 0 Å². The van der Waals surface area contributed by atoms with Crippen LogP contribution in [-0.2, 0) is 11.8 Å². The first-order valence-electron chi connectivity index (χ1n) is 19.6. The summed E-state index contributed by atoms with van der Waals surface area (Å²) < 4.78 is 2.37. The van der Waals surface area contributed by atoms with E-state index in [2.05, 4.69) is 188 Å². The van der Waals surface area contributed by atoms with Gasteiger partial charge in [-0.25, -0.2) is 0 Å². The molecule has 1 heterocycles. The third kappa shape index (κ3) is 5.98. The van der Waals surface area contributed by atoms with Crippen LogP contribution in [0.2, 0.25) is 0 Å². The second-order valence-corrected chi connectivity index (χ2v) is 15.1. The minimum atomic E-state index is 0.152. The maximum Gasteiger partial charge on any atom is 0.0668 e. The van der Waals surface area contributed by atoms with E-state index in [0.29, 0.717) is 0 Å². The average molecular weight is 709 g/mol. The van der Waals surface area contributed by atoms with Crippen LogP contribution in [0.25, 0.3) is 49.7 Å². The Kier molecular flexibility index (Phi) is 9.01. The highest BCUT2D eigenvalue weighted by molar-refractivity contribution is 6.09. The number of aliphatic imine (C=N–C) groups is 1. The number of aromatic nitrogens is 1. The van der Waals surface area contributed by atoms with Gasteiger partial charge in [-0.1, -0.05) is 147 Å². The SMILES string of the molecule is C#C.CC(=Nc1ccccc1Cc1ccc(-c2ccc(-n3c4ccccc4c4ccccc43)cc2)cc1)c1ccc2c(c1)C1(CCCCC1)c1ccccc1-2. The van der Waals surface area contributed by atoms with Crippen molar-refractivity contribution in [2.75, 3.05) is 0 Å². The van der Waals surface area contributed by atoms with Gasteiger partial charge in [0.2, 0.25) is 0 Å². The molecule has 1 aromatic heterocycles. The van der Waals surface area contributed by atoms with Crippen molar-refractivity contribution >= 4 is 33.2 Å². The van der Waals surface area contributed by atoms with Crippen LogP contribution in [0.5, 0.6) is 0 Å². The Balaban J connectivity index is 0.00000195. The molecule has 0 amide bonds. The van der Waals surface area contributed by atoms with Gasteiger partial charge in [0.1, 0.15) is 0 Å². The van der Waals surface area contributed by atoms with Gasteiger partial charge in [-0.3, -0.25) is 4.99 Å². The number of hydrogen-bond acceptors (Lipinski definition) is 1. The van der Waals surface area contributed by atoms with Crippen molar-refractivity contribution in [3.05, 3.63) is 192 Å². The van der Waals surface area contributed by atoms with E-state index in [1.54, 1.807) is 0 Å². The van der Waals surface area contributed by atoms with Crippen molar-refractivity contribution in [1.29, 1.82) is 0 Å². The molecule has 2 heteroatoms. The van der Waals surface area contributed by atoms with Crippen molar-refractivity contribution < 1.29 is 0 Å². The lowest BCUT2D eigenvalue weighted by Gasteiger charge is -2.36. The number of para-hydroxylation sites is 3. The molecule has 0 unspecified atom stereocenters. The Morgan fingerprint density at radius 1 is 0.582 bits per heavy atom. The summed E-state index contributed by atoms with van der Waals surface area (Å²) in [5, 5.41) is 2.57. The standard InChI is InChI=1S/C51H42N2.C2H2/c1-35(39-27-30-43-42-14-4-7-17-46(42)51(47(43)34-39)31-11-2-12-32-51)52-48-18-8-3-13-40(48)33-36-21-23-37(24-22-36)38-25-28-41(29-26-38)53-49-19-9-5-15-44(49)45-16-6-10-20-50(45)53;1-2/h3-10,13-30,34H,2,11-12,31-33H2,1H3;1-2H. The first-order valence-corrected chi connectivity index (χ1v) is 19.6. The van der Waals surface area contributed by atoms with Crippen LogP contribution < -0.4 is 0 Å². The van der Waals surface area contributed by atoms with Crippen LogP contribution in [0.1, 0.15) is 66.8 Å². The predicted octanol–water partition coefficient (Wildman–Crippen LogP) is 13.7. The second kappa shape index (κ2) is 14.4. The molecule has 0 bridgehead atoms. The van der Waals surface area contributed by atoms with E-state index < -0.39 is 0 Å². The van der Waals surface area contributed by atoms with Crippen LogP contribution in [0.3, 0.4) is 0 Å². The topological polar surface area (TPSA) is 17.3 Å². The maximum absolute atomic E-state index is 5.28. The molecule has 2 aliphatic rings. The molecule has 8 aromatic rings. The van der Waals surface area contributed by atoms with Gasteiger partial charge in [0, 0.05) is 27.6 Å². The Morgan fingerprint density at radius 3 is 1.87 bits per heavy atom. The zero-order valence-electron chi connectivity index (χ0n) is 31.4. The van der Waals surface area contributed by atoms with Crippen molar-refractivity contribution in [3.63, 3.8) is 0 Å². The maximum atomic E-state index is 5.28. The predicted molar refractivity (Wildman–Crippen MR) is 233 cm³/mol. The third-order valence-corrected chi connectivity index (χ3v) is 12.1. The largest absolute Gasteiger partial charge is 0.309 e. The van der Waals surface area contributed by atoms with Gasteiger partial charge in [0.15, 0.2) is 0 Å². The number of nitrogens with zero attached hydrogens (tertiary/aromatic N) is 2. The molecule has 0 aliphatic heterocycles. The highest BCUT2D eigenvalue weighted by Crippen LogP contribution is 2.55. The lowest BCUT2D eigenvalue weighted by Crippen LogP contribution is -2.28. The molecule has 7 aromatic carbocycles. The van der Waals surface area contributed by atoms with Crippen molar-refractivity contribution in [2.24, 2.45) is 4.99 Å². The highest BCUT2D eigenvalue weighted by Gasteiger charge is 2.43. The van der Waals surface area contributed by atoms with Gasteiger partial charge < -0.3 is 4.57 Å². The Bertz CT molecular complexity index is 2660. The van der Waals surface area contributed by atoms with Crippen molar-refractivity contribution in [1.82, 2.24) is 4.57 Å². The number of fused-ring (bicyclic) bond motifs is 8. The molecule has 10 rings (SSSR count). The zero-order chi connectivity index (χ0) is 37.4. The van der Waals surface area contributed by atoms with E-state index in [4.69, 9.17) is 4.99 Å². The lowest BCUT2D eigenvalue weighted by molar-refractivity contribution is 0.353. The third-order valence-electron chi connectivity index (χ3n) is 12.1. The summed E-state index contributed by atoms with van der Waals surface area (Å²) in [5.41, 5.74) is 18.0. The Hall–Kier alpha value is -6.43. The summed E-state index contributed by atoms with van der Waals surface area (Å²) >= 11 is 0. The first kappa shape index (κ1) is 34.3. The van der Waals surface area contributed by atoms with Crippen LogP contribution in [0.4, 0.5) is 5.69 Å². The number of hydrogen-bond donors (Lipinski definition) is 0. The molecule has 2 nitrogen and oxygen atoms in total. The van der Waals surface area contributed by atoms with E-state index in [9.17, 15) is 0 Å². The van der Waals surface area contributed by atoms with E-state index in [1.165, 1.54) is 110 Å². The summed E-state index contributed by atoms with van der Waals surface area (Å²) in [6.45, 7) is 2.18. The highest BCUT2D eigenvalue weighted by atomic mass is 15.0. The molecule has 266 valence electrons. The van der Waals surface area contributed by atoms with Gasteiger partial charge in [0.05, 0.1) is 16.7 Å². The minimum Gasteiger partial charge on any atom is -0.309 e. The number of benzene rings is 7. The molecule has 0 N–H and O–H groups in total. The van der Waals surface area contributed by atoms with E-state index in [0.717, 1.165) is 17.8 Å². The quantitative estimate of drug-likeness (QED) is 0.121.